The zero-order valence-electron chi connectivity index (χ0n) is 11.1. The molecule has 1 aliphatic carbocycles. The van der Waals surface area contributed by atoms with E-state index < -0.39 is 0 Å². The summed E-state index contributed by atoms with van der Waals surface area (Å²) in [5.74, 6) is 4.46. The molecule has 0 amide bonds. The van der Waals surface area contributed by atoms with E-state index in [4.69, 9.17) is 4.74 Å². The number of rotatable bonds is 3. The Kier molecular flexibility index (Phi) is 3.44. The molecule has 2 heterocycles. The average Bonchev–Trinajstić information content (AvgIpc) is 2.77. The van der Waals surface area contributed by atoms with Gasteiger partial charge < -0.3 is 10.1 Å². The van der Waals surface area contributed by atoms with Gasteiger partial charge in [-0.05, 0) is 43.2 Å². The van der Waals surface area contributed by atoms with Crippen LogP contribution in [0.4, 0.5) is 0 Å². The summed E-state index contributed by atoms with van der Waals surface area (Å²) in [6, 6.07) is 0.699. The summed E-state index contributed by atoms with van der Waals surface area (Å²) < 4.78 is 5.85. The van der Waals surface area contributed by atoms with Crippen LogP contribution in [0.1, 0.15) is 33.1 Å². The van der Waals surface area contributed by atoms with Crippen molar-refractivity contribution in [3.8, 4) is 0 Å². The van der Waals surface area contributed by atoms with Crippen LogP contribution in [0, 0.1) is 17.3 Å². The third kappa shape index (κ3) is 2.15. The minimum Gasteiger partial charge on any atom is -0.377 e. The number of hydrogen-bond donors (Lipinski definition) is 1. The fraction of sp³-hybridized carbons (Fsp3) is 1.00. The predicted octanol–water partition coefficient (Wildman–Crippen LogP) is 2.53. The molecule has 0 aromatic heterocycles. The fourth-order valence-electron chi connectivity index (χ4n) is 3.98. The lowest BCUT2D eigenvalue weighted by molar-refractivity contribution is -0.113. The molecule has 3 unspecified atom stereocenters. The number of nitrogens with one attached hydrogen (secondary N) is 1. The fourth-order valence-corrected chi connectivity index (χ4v) is 5.19. The lowest BCUT2D eigenvalue weighted by atomic mass is 9.57. The van der Waals surface area contributed by atoms with E-state index in [1.807, 2.05) is 0 Å². The van der Waals surface area contributed by atoms with Crippen molar-refractivity contribution in [2.24, 2.45) is 17.3 Å². The van der Waals surface area contributed by atoms with Crippen LogP contribution in [0.15, 0.2) is 0 Å². The maximum absolute atomic E-state index is 5.85. The van der Waals surface area contributed by atoms with Crippen LogP contribution in [0.2, 0.25) is 0 Å². The van der Waals surface area contributed by atoms with Gasteiger partial charge in [-0.15, -0.1) is 0 Å². The van der Waals surface area contributed by atoms with E-state index in [0.29, 0.717) is 17.6 Å². The molecule has 2 aliphatic heterocycles. The van der Waals surface area contributed by atoms with Crippen LogP contribution in [0.5, 0.6) is 0 Å². The second kappa shape index (κ2) is 4.75. The van der Waals surface area contributed by atoms with Gasteiger partial charge in [0.05, 0.1) is 6.10 Å². The molecule has 3 fully saturated rings. The second-order valence-electron chi connectivity index (χ2n) is 6.51. The Morgan fingerprint density at radius 3 is 2.76 bits per heavy atom. The molecule has 3 rings (SSSR count). The molecule has 0 spiro atoms. The SMILES string of the molecule is CC1(C)C(NCC2CCSCC2)C2CCOC21. The lowest BCUT2D eigenvalue weighted by Crippen LogP contribution is -2.66. The van der Waals surface area contributed by atoms with Gasteiger partial charge in [0.25, 0.3) is 0 Å². The van der Waals surface area contributed by atoms with Crippen molar-refractivity contribution >= 4 is 11.8 Å². The molecule has 3 aliphatic rings. The zero-order valence-corrected chi connectivity index (χ0v) is 11.9. The first-order valence-electron chi connectivity index (χ1n) is 7.12. The van der Waals surface area contributed by atoms with E-state index >= 15 is 0 Å². The summed E-state index contributed by atoms with van der Waals surface area (Å²) in [6.07, 6.45) is 4.62. The van der Waals surface area contributed by atoms with Gasteiger partial charge >= 0.3 is 0 Å². The summed E-state index contributed by atoms with van der Waals surface area (Å²) in [4.78, 5) is 0. The molecule has 2 saturated heterocycles. The first kappa shape index (κ1) is 12.3. The van der Waals surface area contributed by atoms with Gasteiger partial charge in [0.2, 0.25) is 0 Å². The normalized spacial score (nSPS) is 40.9. The minimum absolute atomic E-state index is 0.352. The van der Waals surface area contributed by atoms with Gasteiger partial charge in [-0.25, -0.2) is 0 Å². The van der Waals surface area contributed by atoms with Crippen LogP contribution >= 0.6 is 11.8 Å². The highest BCUT2D eigenvalue weighted by molar-refractivity contribution is 7.99. The second-order valence-corrected chi connectivity index (χ2v) is 7.73. The smallest absolute Gasteiger partial charge is 0.0685 e. The molecule has 17 heavy (non-hydrogen) atoms. The molecule has 2 nitrogen and oxygen atoms in total. The molecule has 98 valence electrons. The molecule has 3 atom stereocenters. The van der Waals surface area contributed by atoms with Crippen molar-refractivity contribution in [3.63, 3.8) is 0 Å². The highest BCUT2D eigenvalue weighted by atomic mass is 32.2. The first-order chi connectivity index (χ1) is 8.19. The van der Waals surface area contributed by atoms with Crippen LogP contribution < -0.4 is 5.32 Å². The molecule has 0 radical (unpaired) electrons. The van der Waals surface area contributed by atoms with Crippen molar-refractivity contribution < 1.29 is 4.74 Å². The number of hydrogen-bond acceptors (Lipinski definition) is 3. The van der Waals surface area contributed by atoms with Gasteiger partial charge in [-0.2, -0.15) is 11.8 Å². The largest absolute Gasteiger partial charge is 0.377 e. The Labute approximate surface area is 109 Å². The van der Waals surface area contributed by atoms with Gasteiger partial charge in [0, 0.05) is 24.0 Å². The van der Waals surface area contributed by atoms with E-state index in [1.54, 1.807) is 0 Å². The Morgan fingerprint density at radius 2 is 2.00 bits per heavy atom. The Morgan fingerprint density at radius 1 is 1.24 bits per heavy atom. The van der Waals surface area contributed by atoms with Gasteiger partial charge in [0.15, 0.2) is 0 Å². The third-order valence-electron chi connectivity index (χ3n) is 5.07. The van der Waals surface area contributed by atoms with Crippen LogP contribution in [-0.2, 0) is 4.74 Å². The zero-order chi connectivity index (χ0) is 11.9. The molecular formula is C14H25NOS. The van der Waals surface area contributed by atoms with Crippen molar-refractivity contribution in [1.29, 1.82) is 0 Å². The monoisotopic (exact) mass is 255 g/mol. The Balaban J connectivity index is 1.51. The quantitative estimate of drug-likeness (QED) is 0.837. The van der Waals surface area contributed by atoms with Crippen LogP contribution in [0.3, 0.4) is 0 Å². The van der Waals surface area contributed by atoms with Crippen molar-refractivity contribution in [2.75, 3.05) is 24.7 Å². The van der Waals surface area contributed by atoms with Crippen LogP contribution in [0.25, 0.3) is 0 Å². The first-order valence-corrected chi connectivity index (χ1v) is 8.28. The standard InChI is InChI=1S/C14H25NOS/c1-14(2)12(11-3-6-16-13(11)14)15-9-10-4-7-17-8-5-10/h10-13,15H,3-9H2,1-2H3. The maximum Gasteiger partial charge on any atom is 0.0685 e. The molecular weight excluding hydrogens is 230 g/mol. The predicted molar refractivity (Wildman–Crippen MR) is 73.5 cm³/mol. The molecule has 0 aromatic rings. The average molecular weight is 255 g/mol. The topological polar surface area (TPSA) is 21.3 Å². The summed E-state index contributed by atoms with van der Waals surface area (Å²) in [6.45, 7) is 6.95. The summed E-state index contributed by atoms with van der Waals surface area (Å²) >= 11 is 2.12. The van der Waals surface area contributed by atoms with Crippen molar-refractivity contribution in [3.05, 3.63) is 0 Å². The van der Waals surface area contributed by atoms with Gasteiger partial charge in [-0.1, -0.05) is 13.8 Å². The molecule has 1 N–H and O–H groups in total. The van der Waals surface area contributed by atoms with E-state index in [0.717, 1.165) is 18.4 Å². The Hall–Kier alpha value is 0.270. The van der Waals surface area contributed by atoms with Crippen molar-refractivity contribution in [2.45, 2.75) is 45.3 Å². The lowest BCUT2D eigenvalue weighted by Gasteiger charge is -2.55. The molecule has 3 heteroatoms. The van der Waals surface area contributed by atoms with Crippen molar-refractivity contribution in [1.82, 2.24) is 5.32 Å². The number of ether oxygens (including phenoxy) is 1. The molecule has 1 saturated carbocycles. The minimum atomic E-state index is 0.352. The summed E-state index contributed by atoms with van der Waals surface area (Å²) in [7, 11) is 0. The van der Waals surface area contributed by atoms with Crippen LogP contribution in [-0.4, -0.2) is 36.8 Å². The number of fused-ring (bicyclic) bond motifs is 1. The highest BCUT2D eigenvalue weighted by Crippen LogP contribution is 2.52. The number of thioether (sulfide) groups is 1. The molecule has 0 aromatic carbocycles. The Bertz CT molecular complexity index is 275. The summed E-state index contributed by atoms with van der Waals surface area (Å²) in [5, 5.41) is 3.86. The summed E-state index contributed by atoms with van der Waals surface area (Å²) in [5.41, 5.74) is 0.352. The highest BCUT2D eigenvalue weighted by Gasteiger charge is 2.58. The third-order valence-corrected chi connectivity index (χ3v) is 6.12. The maximum atomic E-state index is 5.85. The van der Waals surface area contributed by atoms with E-state index in [1.165, 1.54) is 37.3 Å². The van der Waals surface area contributed by atoms with Gasteiger partial charge in [-0.3, -0.25) is 0 Å². The van der Waals surface area contributed by atoms with E-state index in [9.17, 15) is 0 Å². The van der Waals surface area contributed by atoms with E-state index in [2.05, 4.69) is 30.9 Å². The van der Waals surface area contributed by atoms with Gasteiger partial charge in [0.1, 0.15) is 0 Å². The van der Waals surface area contributed by atoms with E-state index in [-0.39, 0.29) is 0 Å². The molecule has 0 bridgehead atoms.